The molecule has 0 radical (unpaired) electrons. The highest BCUT2D eigenvalue weighted by Gasteiger charge is 2.29. The topological polar surface area (TPSA) is 59.0 Å². The van der Waals surface area contributed by atoms with Crippen LogP contribution in [0.4, 0.5) is 5.69 Å². The molecule has 0 unspecified atom stereocenters. The number of ether oxygens (including phenoxy) is 2. The number of rotatable bonds is 3. The highest BCUT2D eigenvalue weighted by molar-refractivity contribution is 6.33. The largest absolute Gasteiger partial charge is 0.489 e. The van der Waals surface area contributed by atoms with Crippen molar-refractivity contribution < 1.29 is 19.4 Å². The van der Waals surface area contributed by atoms with Crippen LogP contribution in [0.5, 0.6) is 11.5 Å². The number of likely N-dealkylation sites (N-methyl/N-ethyl adjacent to an activating group) is 1. The zero-order chi connectivity index (χ0) is 14.2. The van der Waals surface area contributed by atoms with Gasteiger partial charge >= 0.3 is 5.97 Å². The Labute approximate surface area is 116 Å². The predicted octanol–water partition coefficient (Wildman–Crippen LogP) is 2.65. The molecule has 1 aromatic carbocycles. The molecule has 104 valence electrons. The van der Waals surface area contributed by atoms with E-state index in [1.54, 1.807) is 6.07 Å². The van der Waals surface area contributed by atoms with Crippen molar-refractivity contribution in [2.24, 2.45) is 0 Å². The molecule has 0 spiro atoms. The number of carboxylic acid groups (broad SMARTS) is 1. The molecule has 19 heavy (non-hydrogen) atoms. The van der Waals surface area contributed by atoms with E-state index >= 15 is 0 Å². The average molecular weight is 286 g/mol. The number of halogens is 1. The van der Waals surface area contributed by atoms with E-state index in [-0.39, 0.29) is 22.4 Å². The molecule has 0 aliphatic carbocycles. The molecule has 1 aromatic rings. The summed E-state index contributed by atoms with van der Waals surface area (Å²) in [7, 11) is 1.87. The molecule has 0 amide bonds. The van der Waals surface area contributed by atoms with Gasteiger partial charge in [-0.3, -0.25) is 0 Å². The molecule has 0 aromatic heterocycles. The molecule has 0 saturated carbocycles. The number of carboxylic acids is 1. The molecule has 0 fully saturated rings. The molecule has 6 heteroatoms. The third kappa shape index (κ3) is 2.56. The number of benzene rings is 1. The van der Waals surface area contributed by atoms with Gasteiger partial charge in [0.2, 0.25) is 0 Å². The lowest BCUT2D eigenvalue weighted by molar-refractivity contribution is 0.0685. The molecule has 0 saturated heterocycles. The van der Waals surface area contributed by atoms with Gasteiger partial charge in [0.15, 0.2) is 11.5 Å². The number of hydrogen-bond acceptors (Lipinski definition) is 4. The summed E-state index contributed by atoms with van der Waals surface area (Å²) in [6.07, 6.45) is -0.171. The smallest absolute Gasteiger partial charge is 0.343 e. The Morgan fingerprint density at radius 1 is 1.58 bits per heavy atom. The Morgan fingerprint density at radius 2 is 2.26 bits per heavy atom. The lowest BCUT2D eigenvalue weighted by Gasteiger charge is -2.30. The summed E-state index contributed by atoms with van der Waals surface area (Å²) in [5, 5.41) is 9.69. The zero-order valence-electron chi connectivity index (χ0n) is 11.1. The molecule has 0 bridgehead atoms. The van der Waals surface area contributed by atoms with Crippen LogP contribution in [-0.4, -0.2) is 37.4 Å². The quantitative estimate of drug-likeness (QED) is 0.925. The third-order valence-electron chi connectivity index (χ3n) is 2.82. The van der Waals surface area contributed by atoms with Gasteiger partial charge in [0.1, 0.15) is 12.2 Å². The first kappa shape index (κ1) is 13.8. The van der Waals surface area contributed by atoms with Gasteiger partial charge in [-0.15, -0.1) is 0 Å². The molecule has 1 aliphatic rings. The summed E-state index contributed by atoms with van der Waals surface area (Å²) in [4.78, 5) is 13.4. The zero-order valence-corrected chi connectivity index (χ0v) is 11.8. The Bertz CT molecular complexity index is 516. The molecule has 1 N–H and O–H groups in total. The summed E-state index contributed by atoms with van der Waals surface area (Å²) < 4.78 is 11.0. The van der Waals surface area contributed by atoms with Gasteiger partial charge in [-0.2, -0.15) is 0 Å². The average Bonchev–Trinajstić information content (AvgIpc) is 2.30. The predicted molar refractivity (Wildman–Crippen MR) is 72.9 cm³/mol. The summed E-state index contributed by atoms with van der Waals surface area (Å²) in [6, 6.07) is 1.68. The monoisotopic (exact) mass is 285 g/mol. The van der Waals surface area contributed by atoms with E-state index in [9.17, 15) is 9.90 Å². The van der Waals surface area contributed by atoms with Crippen molar-refractivity contribution in [1.29, 1.82) is 0 Å². The van der Waals surface area contributed by atoms with Crippen LogP contribution in [0.15, 0.2) is 6.07 Å². The lowest BCUT2D eigenvalue weighted by atomic mass is 10.1. The van der Waals surface area contributed by atoms with E-state index in [0.29, 0.717) is 24.6 Å². The summed E-state index contributed by atoms with van der Waals surface area (Å²) in [6.45, 7) is 4.75. The SMILES string of the molecule is CC(C)Oc1c(Cl)cc2c(c1C(=O)O)OCCN2C. The number of nitrogens with zero attached hydrogens (tertiary/aromatic N) is 1. The minimum absolute atomic E-state index is 0.0113. The van der Waals surface area contributed by atoms with Crippen molar-refractivity contribution >= 4 is 23.3 Å². The molecule has 1 heterocycles. The first-order chi connectivity index (χ1) is 8.91. The summed E-state index contributed by atoms with van der Waals surface area (Å²) >= 11 is 6.15. The Balaban J connectivity index is 2.65. The van der Waals surface area contributed by atoms with Crippen molar-refractivity contribution in [3.63, 3.8) is 0 Å². The van der Waals surface area contributed by atoms with Crippen molar-refractivity contribution in [1.82, 2.24) is 0 Å². The fourth-order valence-electron chi connectivity index (χ4n) is 1.98. The Morgan fingerprint density at radius 3 is 2.84 bits per heavy atom. The van der Waals surface area contributed by atoms with Crippen LogP contribution in [0, 0.1) is 0 Å². The lowest BCUT2D eigenvalue weighted by Crippen LogP contribution is -2.30. The third-order valence-corrected chi connectivity index (χ3v) is 3.10. The number of fused-ring (bicyclic) bond motifs is 1. The van der Waals surface area contributed by atoms with Gasteiger partial charge in [0.05, 0.1) is 23.4 Å². The number of hydrogen-bond donors (Lipinski definition) is 1. The number of carbonyl (C=O) groups is 1. The normalized spacial score (nSPS) is 14.1. The minimum atomic E-state index is -1.11. The van der Waals surface area contributed by atoms with Crippen LogP contribution in [0.25, 0.3) is 0 Å². The van der Waals surface area contributed by atoms with Crippen molar-refractivity contribution in [2.45, 2.75) is 20.0 Å². The van der Waals surface area contributed by atoms with Crippen LogP contribution in [0.3, 0.4) is 0 Å². The van der Waals surface area contributed by atoms with Crippen molar-refractivity contribution in [2.75, 3.05) is 25.1 Å². The van der Waals surface area contributed by atoms with Crippen LogP contribution in [0.1, 0.15) is 24.2 Å². The van der Waals surface area contributed by atoms with E-state index in [4.69, 9.17) is 21.1 Å². The minimum Gasteiger partial charge on any atom is -0.489 e. The van der Waals surface area contributed by atoms with Crippen LogP contribution < -0.4 is 14.4 Å². The second-order valence-corrected chi connectivity index (χ2v) is 5.06. The maximum Gasteiger partial charge on any atom is 0.343 e. The highest BCUT2D eigenvalue weighted by atomic mass is 35.5. The summed E-state index contributed by atoms with van der Waals surface area (Å²) in [5.74, 6) is -0.621. The van der Waals surface area contributed by atoms with Gasteiger partial charge in [0.25, 0.3) is 0 Å². The van der Waals surface area contributed by atoms with Crippen LogP contribution in [-0.2, 0) is 0 Å². The maximum absolute atomic E-state index is 11.5. The fourth-order valence-corrected chi connectivity index (χ4v) is 2.22. The Hall–Kier alpha value is -1.62. The van der Waals surface area contributed by atoms with Gasteiger partial charge < -0.3 is 19.5 Å². The second kappa shape index (κ2) is 5.17. The van der Waals surface area contributed by atoms with Gasteiger partial charge in [0, 0.05) is 7.05 Å². The van der Waals surface area contributed by atoms with E-state index in [2.05, 4.69) is 0 Å². The summed E-state index contributed by atoms with van der Waals surface area (Å²) in [5.41, 5.74) is 0.660. The Kier molecular flexibility index (Phi) is 3.75. The molecule has 5 nitrogen and oxygen atoms in total. The van der Waals surface area contributed by atoms with Gasteiger partial charge in [-0.05, 0) is 19.9 Å². The molecule has 1 aliphatic heterocycles. The van der Waals surface area contributed by atoms with Gasteiger partial charge in [-0.1, -0.05) is 11.6 Å². The fraction of sp³-hybridized carbons (Fsp3) is 0.462. The van der Waals surface area contributed by atoms with Crippen molar-refractivity contribution in [3.8, 4) is 11.5 Å². The maximum atomic E-state index is 11.5. The number of anilines is 1. The molecular weight excluding hydrogens is 270 g/mol. The highest BCUT2D eigenvalue weighted by Crippen LogP contribution is 2.44. The van der Waals surface area contributed by atoms with Gasteiger partial charge in [-0.25, -0.2) is 4.79 Å². The van der Waals surface area contributed by atoms with E-state index in [1.165, 1.54) is 0 Å². The van der Waals surface area contributed by atoms with Crippen molar-refractivity contribution in [3.05, 3.63) is 16.7 Å². The van der Waals surface area contributed by atoms with E-state index in [1.807, 2.05) is 25.8 Å². The van der Waals surface area contributed by atoms with E-state index in [0.717, 1.165) is 0 Å². The second-order valence-electron chi connectivity index (χ2n) is 4.65. The van der Waals surface area contributed by atoms with Crippen LogP contribution >= 0.6 is 11.6 Å². The van der Waals surface area contributed by atoms with Crippen LogP contribution in [0.2, 0.25) is 5.02 Å². The van der Waals surface area contributed by atoms with E-state index < -0.39 is 5.97 Å². The first-order valence-electron chi connectivity index (χ1n) is 6.02. The molecular formula is C13H16ClNO4. The first-order valence-corrected chi connectivity index (χ1v) is 6.40. The molecule has 2 rings (SSSR count). The molecule has 0 atom stereocenters. The number of aromatic carboxylic acids is 1. The standard InChI is InChI=1S/C13H16ClNO4/c1-7(2)19-11-8(14)6-9-12(10(11)13(16)17)18-5-4-15(9)3/h6-7H,4-5H2,1-3H3,(H,16,17).